The lowest BCUT2D eigenvalue weighted by Gasteiger charge is -2.32. The zero-order valence-corrected chi connectivity index (χ0v) is 23.5. The largest absolute Gasteiger partial charge is 0.494 e. The van der Waals surface area contributed by atoms with Crippen LogP contribution in [0.1, 0.15) is 32.8 Å². The molecule has 1 atom stereocenters. The summed E-state index contributed by atoms with van der Waals surface area (Å²) in [6.45, 7) is 5.00. The summed E-state index contributed by atoms with van der Waals surface area (Å²) in [5.41, 5.74) is 0.315. The van der Waals surface area contributed by atoms with Gasteiger partial charge in [0.15, 0.2) is 0 Å². The summed E-state index contributed by atoms with van der Waals surface area (Å²) < 4.78 is 61.9. The fourth-order valence-corrected chi connectivity index (χ4v) is 5.34. The molecule has 0 bridgehead atoms. The lowest BCUT2D eigenvalue weighted by Crippen LogP contribution is -2.51. The number of ether oxygens (including phenoxy) is 1. The first-order valence-electron chi connectivity index (χ1n) is 12.9. The van der Waals surface area contributed by atoms with E-state index in [4.69, 9.17) is 4.74 Å². The fourth-order valence-electron chi connectivity index (χ4n) is 3.93. The number of nitrogens with one attached hydrogen (secondary N) is 1. The Labute approximate surface area is 233 Å². The van der Waals surface area contributed by atoms with Gasteiger partial charge in [0, 0.05) is 18.7 Å². The first-order chi connectivity index (χ1) is 19.1. The Morgan fingerprint density at radius 1 is 0.950 bits per heavy atom. The first-order valence-corrected chi connectivity index (χ1v) is 14.3. The van der Waals surface area contributed by atoms with Crippen LogP contribution >= 0.6 is 0 Å². The van der Waals surface area contributed by atoms with Gasteiger partial charge in [0.25, 0.3) is 10.0 Å². The van der Waals surface area contributed by atoms with Crippen molar-refractivity contribution in [1.82, 2.24) is 10.2 Å². The van der Waals surface area contributed by atoms with E-state index in [2.05, 4.69) is 5.32 Å². The van der Waals surface area contributed by atoms with Crippen molar-refractivity contribution in [2.45, 2.75) is 44.7 Å². The molecule has 0 aliphatic carbocycles. The molecule has 8 nitrogen and oxygen atoms in total. The highest BCUT2D eigenvalue weighted by Gasteiger charge is 2.33. The van der Waals surface area contributed by atoms with Gasteiger partial charge in [0.1, 0.15) is 30.0 Å². The van der Waals surface area contributed by atoms with Crippen molar-refractivity contribution < 1.29 is 31.5 Å². The standard InChI is InChI=1S/C29H33F2N3O5S/c1-4-18-32-29(36)21(3)33(19-22-8-6-7-9-27(22)31)28(35)20-34(24-12-14-25(15-13-24)39-5-2)40(37,38)26-16-10-23(30)11-17-26/h6-17,21H,4-5,18-20H2,1-3H3,(H,32,36)/t21-/m1/s1. The summed E-state index contributed by atoms with van der Waals surface area (Å²) in [5.74, 6) is -1.88. The zero-order valence-electron chi connectivity index (χ0n) is 22.6. The van der Waals surface area contributed by atoms with Crippen molar-refractivity contribution in [3.05, 3.63) is 90.0 Å². The van der Waals surface area contributed by atoms with Crippen molar-refractivity contribution in [1.29, 1.82) is 0 Å². The number of halogens is 2. The maximum atomic E-state index is 14.6. The Morgan fingerprint density at radius 3 is 2.20 bits per heavy atom. The summed E-state index contributed by atoms with van der Waals surface area (Å²) in [4.78, 5) is 27.6. The van der Waals surface area contributed by atoms with Crippen molar-refractivity contribution in [3.63, 3.8) is 0 Å². The molecule has 0 unspecified atom stereocenters. The number of sulfonamides is 1. The predicted molar refractivity (Wildman–Crippen MR) is 148 cm³/mol. The summed E-state index contributed by atoms with van der Waals surface area (Å²) in [6.07, 6.45) is 0.668. The molecule has 0 aliphatic heterocycles. The molecule has 0 saturated carbocycles. The third-order valence-electron chi connectivity index (χ3n) is 6.13. The summed E-state index contributed by atoms with van der Waals surface area (Å²) in [6, 6.07) is 15.1. The Balaban J connectivity index is 2.03. The third-order valence-corrected chi connectivity index (χ3v) is 7.92. The quantitative estimate of drug-likeness (QED) is 0.325. The van der Waals surface area contributed by atoms with Gasteiger partial charge in [-0.1, -0.05) is 25.1 Å². The molecular weight excluding hydrogens is 540 g/mol. The van der Waals surface area contributed by atoms with Crippen LogP contribution in [0.2, 0.25) is 0 Å². The van der Waals surface area contributed by atoms with Crippen molar-refractivity contribution >= 4 is 27.5 Å². The van der Waals surface area contributed by atoms with Crippen LogP contribution in [0, 0.1) is 11.6 Å². The number of carbonyl (C=O) groups is 2. The fraction of sp³-hybridized carbons (Fsp3) is 0.310. The van der Waals surface area contributed by atoms with Crippen LogP contribution in [-0.2, 0) is 26.2 Å². The van der Waals surface area contributed by atoms with Gasteiger partial charge in [0.05, 0.1) is 17.2 Å². The number of carbonyl (C=O) groups excluding carboxylic acids is 2. The van der Waals surface area contributed by atoms with E-state index in [1.807, 2.05) is 6.92 Å². The van der Waals surface area contributed by atoms with Gasteiger partial charge in [0.2, 0.25) is 11.8 Å². The smallest absolute Gasteiger partial charge is 0.264 e. The number of hydrogen-bond acceptors (Lipinski definition) is 5. The average Bonchev–Trinajstić information content (AvgIpc) is 2.94. The molecule has 40 heavy (non-hydrogen) atoms. The van der Waals surface area contributed by atoms with Crippen molar-refractivity contribution in [2.24, 2.45) is 0 Å². The monoisotopic (exact) mass is 573 g/mol. The van der Waals surface area contributed by atoms with Crippen molar-refractivity contribution in [3.8, 4) is 5.75 Å². The number of nitrogens with zero attached hydrogens (tertiary/aromatic N) is 2. The first kappa shape index (κ1) is 30.6. The van der Waals surface area contributed by atoms with Crippen LogP contribution in [0.25, 0.3) is 0 Å². The predicted octanol–water partition coefficient (Wildman–Crippen LogP) is 4.50. The zero-order chi connectivity index (χ0) is 29.3. The number of anilines is 1. The molecule has 0 spiro atoms. The van der Waals surface area contributed by atoms with E-state index >= 15 is 0 Å². The van der Waals surface area contributed by atoms with Crippen LogP contribution in [0.15, 0.2) is 77.7 Å². The molecule has 0 aromatic heterocycles. The lowest BCUT2D eigenvalue weighted by atomic mass is 10.1. The van der Waals surface area contributed by atoms with Gasteiger partial charge in [-0.2, -0.15) is 0 Å². The number of amides is 2. The summed E-state index contributed by atoms with van der Waals surface area (Å²) >= 11 is 0. The number of hydrogen-bond donors (Lipinski definition) is 1. The van der Waals surface area contributed by atoms with E-state index in [1.165, 1.54) is 37.3 Å². The second-order valence-electron chi connectivity index (χ2n) is 8.97. The maximum Gasteiger partial charge on any atom is 0.264 e. The van der Waals surface area contributed by atoms with E-state index in [0.29, 0.717) is 25.3 Å². The van der Waals surface area contributed by atoms with Gasteiger partial charge >= 0.3 is 0 Å². The molecule has 0 radical (unpaired) electrons. The van der Waals surface area contributed by atoms with Crippen LogP contribution in [-0.4, -0.2) is 50.9 Å². The van der Waals surface area contributed by atoms with E-state index in [0.717, 1.165) is 33.5 Å². The van der Waals surface area contributed by atoms with Crippen LogP contribution in [0.3, 0.4) is 0 Å². The molecule has 0 saturated heterocycles. The number of rotatable bonds is 13. The van der Waals surface area contributed by atoms with Gasteiger partial charge in [-0.05, 0) is 74.9 Å². The van der Waals surface area contributed by atoms with E-state index < -0.39 is 46.1 Å². The molecular formula is C29H33F2N3O5S. The van der Waals surface area contributed by atoms with E-state index in [1.54, 1.807) is 25.1 Å². The van der Waals surface area contributed by atoms with E-state index in [-0.39, 0.29) is 22.7 Å². The molecule has 3 aromatic rings. The van der Waals surface area contributed by atoms with E-state index in [9.17, 15) is 26.8 Å². The van der Waals surface area contributed by atoms with Crippen LogP contribution < -0.4 is 14.4 Å². The molecule has 214 valence electrons. The second kappa shape index (κ2) is 13.9. The molecule has 0 heterocycles. The molecule has 0 aliphatic rings. The lowest BCUT2D eigenvalue weighted by molar-refractivity contribution is -0.139. The van der Waals surface area contributed by atoms with Gasteiger partial charge in [-0.15, -0.1) is 0 Å². The number of benzene rings is 3. The molecule has 11 heteroatoms. The Hall–Kier alpha value is -3.99. The normalized spacial score (nSPS) is 11.9. The molecule has 3 rings (SSSR count). The second-order valence-corrected chi connectivity index (χ2v) is 10.8. The minimum absolute atomic E-state index is 0.148. The van der Waals surface area contributed by atoms with Gasteiger partial charge in [-0.25, -0.2) is 17.2 Å². The highest BCUT2D eigenvalue weighted by atomic mass is 32.2. The highest BCUT2D eigenvalue weighted by molar-refractivity contribution is 7.92. The van der Waals surface area contributed by atoms with Crippen molar-refractivity contribution in [2.75, 3.05) is 24.0 Å². The van der Waals surface area contributed by atoms with Gasteiger partial charge in [-0.3, -0.25) is 13.9 Å². The topological polar surface area (TPSA) is 96.0 Å². The molecule has 1 N–H and O–H groups in total. The summed E-state index contributed by atoms with van der Waals surface area (Å²) in [5, 5.41) is 2.72. The van der Waals surface area contributed by atoms with Crippen LogP contribution in [0.5, 0.6) is 5.75 Å². The molecule has 0 fully saturated rings. The van der Waals surface area contributed by atoms with Gasteiger partial charge < -0.3 is 15.0 Å². The minimum Gasteiger partial charge on any atom is -0.494 e. The minimum atomic E-state index is -4.36. The Kier molecular flexibility index (Phi) is 10.6. The highest BCUT2D eigenvalue weighted by Crippen LogP contribution is 2.27. The molecule has 2 amide bonds. The Bertz CT molecular complexity index is 1400. The SMILES string of the molecule is CCCNC(=O)[C@@H](C)N(Cc1ccccc1F)C(=O)CN(c1ccc(OCC)cc1)S(=O)(=O)c1ccc(F)cc1. The summed E-state index contributed by atoms with van der Waals surface area (Å²) in [7, 11) is -4.36. The Morgan fingerprint density at radius 2 is 1.60 bits per heavy atom. The average molecular weight is 574 g/mol. The van der Waals surface area contributed by atoms with Crippen LogP contribution in [0.4, 0.5) is 14.5 Å². The maximum absolute atomic E-state index is 14.6. The molecule has 3 aromatic carbocycles. The third kappa shape index (κ3) is 7.56.